The van der Waals surface area contributed by atoms with E-state index in [0.29, 0.717) is 6.42 Å². The summed E-state index contributed by atoms with van der Waals surface area (Å²) in [5, 5.41) is 3.47. The summed E-state index contributed by atoms with van der Waals surface area (Å²) in [6, 6.07) is 7.42. The topological polar surface area (TPSA) is 83.9 Å². The van der Waals surface area contributed by atoms with Gasteiger partial charge in [-0.15, -0.1) is 0 Å². The number of urea groups is 1. The van der Waals surface area contributed by atoms with Gasteiger partial charge in [0, 0.05) is 24.4 Å². The molecule has 1 aromatic carbocycles. The minimum absolute atomic E-state index is 0.254. The number of aryl methyl sites for hydroxylation is 1. The fraction of sp³-hybridized carbons (Fsp3) is 0.429. The molecule has 1 aromatic heterocycles. The summed E-state index contributed by atoms with van der Waals surface area (Å²) in [7, 11) is 1.45. The zero-order valence-corrected chi connectivity index (χ0v) is 16.0. The Hall–Kier alpha value is -2.96. The molecule has 7 heteroatoms. The summed E-state index contributed by atoms with van der Waals surface area (Å²) in [5.74, 6) is 0.132. The highest BCUT2D eigenvalue weighted by molar-refractivity contribution is 6.20. The molecule has 5 rings (SSSR count). The zero-order chi connectivity index (χ0) is 19.6. The number of aromatic nitrogens is 1. The standard InChI is InChI=1S/C21H22N4O3/c1-12-6-7-15-13(9-12)10-14-11-21(18(26)23-20(28)24(2)19(21)27)16-5-3-4-8-25(16)17(14)22-15/h6-7,9-10,16H,3-5,8,11H2,1-2H3,(H,23,26,28)/p+1/t16-,21-/m0/s1. The first-order chi connectivity index (χ1) is 13.4. The van der Waals surface area contributed by atoms with Crippen LogP contribution in [0.4, 0.5) is 10.6 Å². The Morgan fingerprint density at radius 1 is 1.18 bits per heavy atom. The number of hydrogen-bond donors (Lipinski definition) is 1. The lowest BCUT2D eigenvalue weighted by atomic mass is 9.66. The molecule has 144 valence electrons. The first-order valence-corrected chi connectivity index (χ1v) is 9.77. The quantitative estimate of drug-likeness (QED) is 0.705. The van der Waals surface area contributed by atoms with Gasteiger partial charge in [-0.1, -0.05) is 11.6 Å². The molecule has 2 aromatic rings. The molecule has 0 aliphatic carbocycles. The van der Waals surface area contributed by atoms with Crippen molar-refractivity contribution < 1.29 is 19.4 Å². The van der Waals surface area contributed by atoms with E-state index in [4.69, 9.17) is 0 Å². The number of carbonyl (C=O) groups is 3. The number of rotatable bonds is 0. The fourth-order valence-electron chi connectivity index (χ4n) is 5.13. The fourth-order valence-corrected chi connectivity index (χ4v) is 5.13. The number of nitrogens with one attached hydrogen (secondary N) is 2. The Morgan fingerprint density at radius 2 is 2.00 bits per heavy atom. The number of amides is 4. The number of anilines is 1. The lowest BCUT2D eigenvalue weighted by Crippen LogP contribution is -2.72. The van der Waals surface area contributed by atoms with Crippen LogP contribution in [-0.2, 0) is 16.0 Å². The minimum atomic E-state index is -1.26. The van der Waals surface area contributed by atoms with Gasteiger partial charge in [-0.3, -0.25) is 24.7 Å². The number of imide groups is 2. The average Bonchev–Trinajstić information content (AvgIpc) is 2.69. The maximum atomic E-state index is 13.3. The van der Waals surface area contributed by atoms with Gasteiger partial charge in [0.1, 0.15) is 11.6 Å². The molecule has 2 saturated heterocycles. The molecule has 0 saturated carbocycles. The Balaban J connectivity index is 1.73. The molecule has 28 heavy (non-hydrogen) atoms. The lowest BCUT2D eigenvalue weighted by Gasteiger charge is -2.48. The average molecular weight is 379 g/mol. The molecule has 7 nitrogen and oxygen atoms in total. The Kier molecular flexibility index (Phi) is 3.53. The monoisotopic (exact) mass is 379 g/mol. The van der Waals surface area contributed by atoms with Crippen molar-refractivity contribution in [1.29, 1.82) is 0 Å². The molecular formula is C21H23N4O3+. The van der Waals surface area contributed by atoms with E-state index in [0.717, 1.165) is 58.6 Å². The molecule has 4 heterocycles. The lowest BCUT2D eigenvalue weighted by molar-refractivity contribution is -0.333. The van der Waals surface area contributed by atoms with Crippen LogP contribution in [0.15, 0.2) is 24.3 Å². The van der Waals surface area contributed by atoms with Crippen LogP contribution in [0.25, 0.3) is 10.9 Å². The van der Waals surface area contributed by atoms with Gasteiger partial charge in [-0.05, 0) is 44.4 Å². The number of benzene rings is 1. The van der Waals surface area contributed by atoms with Crippen LogP contribution in [0, 0.1) is 12.3 Å². The van der Waals surface area contributed by atoms with Gasteiger partial charge in [0.2, 0.25) is 5.91 Å². The Morgan fingerprint density at radius 3 is 2.82 bits per heavy atom. The third kappa shape index (κ3) is 2.16. The number of piperidine rings is 1. The van der Waals surface area contributed by atoms with Crippen LogP contribution < -0.4 is 15.2 Å². The molecule has 0 unspecified atom stereocenters. The van der Waals surface area contributed by atoms with Crippen molar-refractivity contribution in [1.82, 2.24) is 10.2 Å². The van der Waals surface area contributed by atoms with E-state index in [1.165, 1.54) is 7.05 Å². The molecule has 4 amide bonds. The maximum absolute atomic E-state index is 13.3. The van der Waals surface area contributed by atoms with Crippen molar-refractivity contribution in [2.24, 2.45) is 5.41 Å². The van der Waals surface area contributed by atoms with Gasteiger partial charge < -0.3 is 0 Å². The number of pyridine rings is 1. The van der Waals surface area contributed by atoms with Gasteiger partial charge in [0.25, 0.3) is 11.7 Å². The Labute approximate surface area is 162 Å². The van der Waals surface area contributed by atoms with Crippen LogP contribution in [0.2, 0.25) is 0 Å². The first-order valence-electron chi connectivity index (χ1n) is 9.77. The number of nitrogens with zero attached hydrogens (tertiary/aromatic N) is 2. The van der Waals surface area contributed by atoms with Gasteiger partial charge in [0.15, 0.2) is 5.41 Å². The van der Waals surface area contributed by atoms with Crippen LogP contribution >= 0.6 is 0 Å². The van der Waals surface area contributed by atoms with Crippen molar-refractivity contribution in [3.05, 3.63) is 35.4 Å². The molecule has 1 spiro atoms. The third-order valence-electron chi connectivity index (χ3n) is 6.54. The summed E-state index contributed by atoms with van der Waals surface area (Å²) in [4.78, 5) is 45.2. The van der Waals surface area contributed by atoms with Crippen LogP contribution in [0.5, 0.6) is 0 Å². The molecule has 2 N–H and O–H groups in total. The second-order valence-electron chi connectivity index (χ2n) is 8.21. The summed E-state index contributed by atoms with van der Waals surface area (Å²) in [5.41, 5.74) is 1.87. The number of barbiturate groups is 1. The van der Waals surface area contributed by atoms with E-state index in [-0.39, 0.29) is 6.04 Å². The smallest absolute Gasteiger partial charge is 0.276 e. The van der Waals surface area contributed by atoms with Crippen molar-refractivity contribution in [3.63, 3.8) is 0 Å². The molecule has 2 fully saturated rings. The molecule has 0 bridgehead atoms. The van der Waals surface area contributed by atoms with E-state index in [1.807, 2.05) is 6.92 Å². The van der Waals surface area contributed by atoms with Gasteiger partial charge in [0.05, 0.1) is 6.54 Å². The highest BCUT2D eigenvalue weighted by atomic mass is 16.2. The second-order valence-corrected chi connectivity index (χ2v) is 8.21. The van der Waals surface area contributed by atoms with Crippen molar-refractivity contribution in [2.75, 3.05) is 18.5 Å². The minimum Gasteiger partial charge on any atom is -0.276 e. The molecule has 3 aliphatic rings. The van der Waals surface area contributed by atoms with E-state index < -0.39 is 23.3 Å². The third-order valence-corrected chi connectivity index (χ3v) is 6.54. The van der Waals surface area contributed by atoms with E-state index in [1.54, 1.807) is 0 Å². The Bertz CT molecular complexity index is 1050. The number of fused-ring (bicyclic) bond motifs is 5. The SMILES string of the molecule is Cc1ccc2[nH+]c3c(cc2c1)C[C@@]1(C(=O)NC(=O)N(C)C1=O)[C@@H]1CCCCN31. The molecule has 0 radical (unpaired) electrons. The van der Waals surface area contributed by atoms with E-state index >= 15 is 0 Å². The molecule has 3 aliphatic heterocycles. The first kappa shape index (κ1) is 17.2. The van der Waals surface area contributed by atoms with Crippen LogP contribution in [-0.4, -0.2) is 42.4 Å². The molecular weight excluding hydrogens is 356 g/mol. The number of H-pyrrole nitrogens is 1. The number of aromatic amines is 1. The zero-order valence-electron chi connectivity index (χ0n) is 16.0. The predicted octanol–water partition coefficient (Wildman–Crippen LogP) is 1.57. The van der Waals surface area contributed by atoms with Crippen molar-refractivity contribution in [2.45, 2.75) is 38.6 Å². The number of hydrogen-bond acceptors (Lipinski definition) is 4. The highest BCUT2D eigenvalue weighted by Crippen LogP contribution is 2.46. The van der Waals surface area contributed by atoms with Crippen LogP contribution in [0.1, 0.15) is 30.4 Å². The van der Waals surface area contributed by atoms with Gasteiger partial charge >= 0.3 is 6.03 Å². The van der Waals surface area contributed by atoms with E-state index in [9.17, 15) is 14.4 Å². The summed E-state index contributed by atoms with van der Waals surface area (Å²) in [6.45, 7) is 2.82. The van der Waals surface area contributed by atoms with Gasteiger partial charge in [-0.2, -0.15) is 0 Å². The summed E-state index contributed by atoms with van der Waals surface area (Å²) in [6.07, 6.45) is 3.02. The van der Waals surface area contributed by atoms with Crippen molar-refractivity contribution in [3.8, 4) is 0 Å². The maximum Gasteiger partial charge on any atom is 0.330 e. The van der Waals surface area contributed by atoms with Crippen LogP contribution in [0.3, 0.4) is 0 Å². The highest BCUT2D eigenvalue weighted by Gasteiger charge is 2.64. The van der Waals surface area contributed by atoms with Gasteiger partial charge in [-0.25, -0.2) is 9.78 Å². The summed E-state index contributed by atoms with van der Waals surface area (Å²) >= 11 is 0. The van der Waals surface area contributed by atoms with E-state index in [2.05, 4.69) is 39.5 Å². The predicted molar refractivity (Wildman–Crippen MR) is 103 cm³/mol. The molecule has 2 atom stereocenters. The normalized spacial score (nSPS) is 27.1. The number of carbonyl (C=O) groups excluding carboxylic acids is 3. The summed E-state index contributed by atoms with van der Waals surface area (Å²) < 4.78 is 0. The second kappa shape index (κ2) is 5.77. The largest absolute Gasteiger partial charge is 0.330 e. The van der Waals surface area contributed by atoms with Crippen molar-refractivity contribution >= 4 is 34.6 Å².